The summed E-state index contributed by atoms with van der Waals surface area (Å²) in [5, 5.41) is 3.60. The summed E-state index contributed by atoms with van der Waals surface area (Å²) in [6.45, 7) is 8.91. The third-order valence-electron chi connectivity index (χ3n) is 6.27. The molecule has 1 aliphatic rings. The van der Waals surface area contributed by atoms with Gasteiger partial charge in [-0.15, -0.1) is 0 Å². The van der Waals surface area contributed by atoms with E-state index in [-0.39, 0.29) is 6.04 Å². The maximum atomic E-state index is 6.08. The van der Waals surface area contributed by atoms with Gasteiger partial charge in [-0.1, -0.05) is 42.5 Å². The Hall–Kier alpha value is -3.02. The number of benzene rings is 3. The van der Waals surface area contributed by atoms with Crippen LogP contribution in [0.1, 0.15) is 24.1 Å². The van der Waals surface area contributed by atoms with Crippen molar-refractivity contribution in [1.82, 2.24) is 10.2 Å². The van der Waals surface area contributed by atoms with Crippen molar-refractivity contribution in [2.24, 2.45) is 0 Å². The number of piperazine rings is 1. The van der Waals surface area contributed by atoms with Crippen molar-refractivity contribution in [3.8, 4) is 11.5 Å². The number of rotatable bonds is 10. The molecule has 1 N–H and O–H groups in total. The Morgan fingerprint density at radius 1 is 0.848 bits per heavy atom. The Morgan fingerprint density at radius 2 is 1.61 bits per heavy atom. The first-order valence-corrected chi connectivity index (χ1v) is 11.8. The Labute approximate surface area is 197 Å². The van der Waals surface area contributed by atoms with Crippen LogP contribution in [0.5, 0.6) is 11.5 Å². The topological polar surface area (TPSA) is 37.0 Å². The van der Waals surface area contributed by atoms with Gasteiger partial charge < -0.3 is 19.7 Å². The Morgan fingerprint density at radius 3 is 2.39 bits per heavy atom. The Balaban J connectivity index is 1.19. The normalized spacial score (nSPS) is 15.3. The van der Waals surface area contributed by atoms with E-state index in [0.29, 0.717) is 6.61 Å². The molecule has 1 saturated heterocycles. The predicted octanol–water partition coefficient (Wildman–Crippen LogP) is 4.75. The molecule has 1 unspecified atom stereocenters. The number of hydrogen-bond donors (Lipinski definition) is 1. The van der Waals surface area contributed by atoms with E-state index in [9.17, 15) is 0 Å². The number of para-hydroxylation sites is 1. The average Bonchev–Trinajstić information content (AvgIpc) is 2.88. The molecule has 3 aromatic rings. The van der Waals surface area contributed by atoms with Crippen LogP contribution in [-0.2, 0) is 6.54 Å². The number of nitrogens with zero attached hydrogens (tertiary/aromatic N) is 2. The molecule has 0 amide bonds. The lowest BCUT2D eigenvalue weighted by Crippen LogP contribution is -2.47. The van der Waals surface area contributed by atoms with Crippen LogP contribution in [0, 0.1) is 0 Å². The van der Waals surface area contributed by atoms with Crippen LogP contribution in [-0.4, -0.2) is 51.3 Å². The number of nitrogens with one attached hydrogen (secondary N) is 1. The van der Waals surface area contributed by atoms with Gasteiger partial charge in [0.15, 0.2) is 0 Å². The van der Waals surface area contributed by atoms with Crippen LogP contribution >= 0.6 is 0 Å². The van der Waals surface area contributed by atoms with Crippen molar-refractivity contribution in [1.29, 1.82) is 0 Å². The van der Waals surface area contributed by atoms with Gasteiger partial charge in [0, 0.05) is 51.0 Å². The van der Waals surface area contributed by atoms with Crippen LogP contribution in [0.25, 0.3) is 0 Å². The molecule has 3 aromatic carbocycles. The van der Waals surface area contributed by atoms with Crippen LogP contribution in [0.3, 0.4) is 0 Å². The lowest BCUT2D eigenvalue weighted by atomic mass is 10.1. The summed E-state index contributed by atoms with van der Waals surface area (Å²) in [6, 6.07) is 27.5. The van der Waals surface area contributed by atoms with Gasteiger partial charge in [-0.3, -0.25) is 4.90 Å². The van der Waals surface area contributed by atoms with Gasteiger partial charge in [0.1, 0.15) is 18.1 Å². The van der Waals surface area contributed by atoms with Gasteiger partial charge in [-0.25, -0.2) is 0 Å². The highest BCUT2D eigenvalue weighted by Crippen LogP contribution is 2.20. The molecule has 174 valence electrons. The van der Waals surface area contributed by atoms with Gasteiger partial charge in [0.2, 0.25) is 0 Å². The first kappa shape index (κ1) is 23.1. The molecule has 1 aliphatic heterocycles. The summed E-state index contributed by atoms with van der Waals surface area (Å²) in [5.41, 5.74) is 3.76. The van der Waals surface area contributed by atoms with E-state index in [2.05, 4.69) is 82.7 Å². The third kappa shape index (κ3) is 6.73. The fraction of sp³-hybridized carbons (Fsp3) is 0.357. The van der Waals surface area contributed by atoms with Crippen molar-refractivity contribution in [2.75, 3.05) is 51.3 Å². The molecule has 5 nitrogen and oxygen atoms in total. The van der Waals surface area contributed by atoms with Crippen molar-refractivity contribution in [2.45, 2.75) is 19.5 Å². The second-order valence-corrected chi connectivity index (χ2v) is 8.54. The summed E-state index contributed by atoms with van der Waals surface area (Å²) in [4.78, 5) is 4.95. The quantitative estimate of drug-likeness (QED) is 0.488. The largest absolute Gasteiger partial charge is 0.497 e. The van der Waals surface area contributed by atoms with Gasteiger partial charge in [0.05, 0.1) is 7.11 Å². The number of anilines is 1. The van der Waals surface area contributed by atoms with E-state index in [1.165, 1.54) is 16.8 Å². The second kappa shape index (κ2) is 11.7. The number of ether oxygens (including phenoxy) is 2. The molecule has 0 aliphatic carbocycles. The summed E-state index contributed by atoms with van der Waals surface area (Å²) < 4.78 is 11.4. The van der Waals surface area contributed by atoms with Gasteiger partial charge in [0.25, 0.3) is 0 Å². The molecule has 1 atom stereocenters. The summed E-state index contributed by atoms with van der Waals surface area (Å²) in [7, 11) is 1.70. The monoisotopic (exact) mass is 445 g/mol. The maximum Gasteiger partial charge on any atom is 0.119 e. The fourth-order valence-corrected chi connectivity index (χ4v) is 4.21. The maximum absolute atomic E-state index is 6.08. The summed E-state index contributed by atoms with van der Waals surface area (Å²) in [5.74, 6) is 1.82. The molecule has 0 spiro atoms. The SMILES string of the molecule is COc1cccc(C(C)NCc2cccc(OCCN3CCN(c4ccccc4)CC3)c2)c1. The smallest absolute Gasteiger partial charge is 0.119 e. The van der Waals surface area contributed by atoms with Crippen molar-refractivity contribution in [3.63, 3.8) is 0 Å². The van der Waals surface area contributed by atoms with Crippen molar-refractivity contribution < 1.29 is 9.47 Å². The highest BCUT2D eigenvalue weighted by molar-refractivity contribution is 5.46. The molecule has 0 saturated carbocycles. The first-order chi connectivity index (χ1) is 16.2. The molecule has 0 bridgehead atoms. The van der Waals surface area contributed by atoms with E-state index in [4.69, 9.17) is 9.47 Å². The molecular formula is C28H35N3O2. The number of methoxy groups -OCH3 is 1. The predicted molar refractivity (Wildman–Crippen MR) is 135 cm³/mol. The van der Waals surface area contributed by atoms with Crippen LogP contribution in [0.15, 0.2) is 78.9 Å². The van der Waals surface area contributed by atoms with Crippen molar-refractivity contribution in [3.05, 3.63) is 90.0 Å². The Kier molecular flexibility index (Phi) is 8.23. The minimum atomic E-state index is 0.235. The lowest BCUT2D eigenvalue weighted by molar-refractivity contribution is 0.200. The minimum Gasteiger partial charge on any atom is -0.497 e. The van der Waals surface area contributed by atoms with Gasteiger partial charge in [-0.05, 0) is 54.4 Å². The van der Waals surface area contributed by atoms with E-state index in [1.807, 2.05) is 18.2 Å². The van der Waals surface area contributed by atoms with E-state index >= 15 is 0 Å². The van der Waals surface area contributed by atoms with E-state index < -0.39 is 0 Å². The lowest BCUT2D eigenvalue weighted by Gasteiger charge is -2.36. The van der Waals surface area contributed by atoms with Crippen LogP contribution < -0.4 is 19.7 Å². The average molecular weight is 446 g/mol. The van der Waals surface area contributed by atoms with E-state index in [0.717, 1.165) is 50.8 Å². The third-order valence-corrected chi connectivity index (χ3v) is 6.27. The van der Waals surface area contributed by atoms with Gasteiger partial charge in [-0.2, -0.15) is 0 Å². The zero-order chi connectivity index (χ0) is 22.9. The first-order valence-electron chi connectivity index (χ1n) is 11.8. The summed E-state index contributed by atoms with van der Waals surface area (Å²) in [6.07, 6.45) is 0. The molecule has 0 radical (unpaired) electrons. The number of hydrogen-bond acceptors (Lipinski definition) is 5. The second-order valence-electron chi connectivity index (χ2n) is 8.54. The zero-order valence-corrected chi connectivity index (χ0v) is 19.7. The van der Waals surface area contributed by atoms with Crippen molar-refractivity contribution >= 4 is 5.69 Å². The molecule has 1 fully saturated rings. The summed E-state index contributed by atoms with van der Waals surface area (Å²) >= 11 is 0. The molecule has 0 aromatic heterocycles. The standard InChI is InChI=1S/C28H35N3O2/c1-23(25-9-7-12-27(21-25)32-2)29-22-24-8-6-13-28(20-24)33-19-18-30-14-16-31(17-15-30)26-10-4-3-5-11-26/h3-13,20-21,23,29H,14-19,22H2,1-2H3. The molecule has 33 heavy (non-hydrogen) atoms. The molecule has 5 heteroatoms. The highest BCUT2D eigenvalue weighted by atomic mass is 16.5. The van der Waals surface area contributed by atoms with E-state index in [1.54, 1.807) is 7.11 Å². The fourth-order valence-electron chi connectivity index (χ4n) is 4.21. The zero-order valence-electron chi connectivity index (χ0n) is 19.7. The molecule has 4 rings (SSSR count). The van der Waals surface area contributed by atoms with Crippen LogP contribution in [0.2, 0.25) is 0 Å². The van der Waals surface area contributed by atoms with Crippen LogP contribution in [0.4, 0.5) is 5.69 Å². The molecular weight excluding hydrogens is 410 g/mol. The minimum absolute atomic E-state index is 0.235. The molecule has 1 heterocycles. The highest BCUT2D eigenvalue weighted by Gasteiger charge is 2.16. The van der Waals surface area contributed by atoms with Gasteiger partial charge >= 0.3 is 0 Å². The Bertz CT molecular complexity index is 987.